The molecule has 0 aliphatic heterocycles. The predicted octanol–water partition coefficient (Wildman–Crippen LogP) is 3.16. The van der Waals surface area contributed by atoms with Gasteiger partial charge in [0.25, 0.3) is 0 Å². The molecule has 0 fully saturated rings. The zero-order valence-electron chi connectivity index (χ0n) is 14.9. The summed E-state index contributed by atoms with van der Waals surface area (Å²) in [5.74, 6) is -1.37. The lowest BCUT2D eigenvalue weighted by Gasteiger charge is -2.17. The quantitative estimate of drug-likeness (QED) is 0.598. The van der Waals surface area contributed by atoms with Crippen molar-refractivity contribution in [2.45, 2.75) is 27.3 Å². The van der Waals surface area contributed by atoms with Crippen LogP contribution < -0.4 is 5.32 Å². The number of amides is 1. The molecule has 0 radical (unpaired) electrons. The lowest BCUT2D eigenvalue weighted by Crippen LogP contribution is -2.34. The highest BCUT2D eigenvalue weighted by atomic mass is 32.1. The molecule has 138 valence electrons. The molecule has 0 aliphatic rings. The van der Waals surface area contributed by atoms with Gasteiger partial charge in [0.1, 0.15) is 11.3 Å². The third kappa shape index (κ3) is 5.16. The van der Waals surface area contributed by atoms with Crippen LogP contribution >= 0.6 is 11.3 Å². The average molecular weight is 375 g/mol. The van der Waals surface area contributed by atoms with Crippen LogP contribution in [0.25, 0.3) is 0 Å². The van der Waals surface area contributed by atoms with Gasteiger partial charge < -0.3 is 15.2 Å². The van der Waals surface area contributed by atoms with Crippen molar-refractivity contribution < 1.29 is 24.2 Å². The average Bonchev–Trinajstić information content (AvgIpc) is 3.05. The predicted molar refractivity (Wildman–Crippen MR) is 98.3 cm³/mol. The number of Topliss-reactive ketones (excluding diaryl/α,β-unsaturated/α-hetero) is 1. The molecule has 2 aromatic rings. The molecule has 0 atom stereocenters. The number of ether oxygens (including phenoxy) is 1. The van der Waals surface area contributed by atoms with E-state index in [-0.39, 0.29) is 23.0 Å². The number of carbonyl (C=O) groups excluding carboxylic acids is 3. The molecule has 0 saturated carbocycles. The molecule has 2 rings (SSSR count). The maximum Gasteiger partial charge on any atom is 0.342 e. The Morgan fingerprint density at radius 1 is 1.12 bits per heavy atom. The summed E-state index contributed by atoms with van der Waals surface area (Å²) in [5, 5.41) is 12.4. The summed E-state index contributed by atoms with van der Waals surface area (Å²) in [6, 6.07) is 9.36. The van der Waals surface area contributed by atoms with Crippen molar-refractivity contribution in [3.05, 3.63) is 51.7 Å². The summed E-state index contributed by atoms with van der Waals surface area (Å²) in [6.07, 6.45) is 0. The highest BCUT2D eigenvalue weighted by Gasteiger charge is 2.21. The first-order valence-electron chi connectivity index (χ1n) is 8.04. The van der Waals surface area contributed by atoms with Crippen molar-refractivity contribution >= 4 is 29.0 Å². The SMILES string of the molecule is CC(C)(C)C(=O)NCc1ccc(C(=O)COC(=O)c2ccccc2O)s1. The Bertz CT molecular complexity index is 819. The number of benzene rings is 1. The standard InChI is InChI=1S/C19H21NO5S/c1-19(2,3)18(24)20-10-12-8-9-16(26-12)15(22)11-25-17(23)13-6-4-5-7-14(13)21/h4-9,21H,10-11H2,1-3H3,(H,20,24). The number of thiophene rings is 1. The van der Waals surface area contributed by atoms with Crippen molar-refractivity contribution in [1.82, 2.24) is 5.32 Å². The number of rotatable bonds is 6. The van der Waals surface area contributed by atoms with E-state index in [0.29, 0.717) is 11.4 Å². The third-order valence-corrected chi connectivity index (χ3v) is 4.63. The molecule has 1 aromatic carbocycles. The Morgan fingerprint density at radius 3 is 2.46 bits per heavy atom. The van der Waals surface area contributed by atoms with E-state index < -0.39 is 18.0 Å². The zero-order valence-corrected chi connectivity index (χ0v) is 15.7. The molecule has 0 saturated heterocycles. The maximum atomic E-state index is 12.2. The molecule has 2 N–H and O–H groups in total. The lowest BCUT2D eigenvalue weighted by molar-refractivity contribution is -0.128. The van der Waals surface area contributed by atoms with Gasteiger partial charge in [-0.3, -0.25) is 9.59 Å². The second kappa shape index (κ2) is 8.14. The Labute approximate surface area is 155 Å². The Hall–Kier alpha value is -2.67. The van der Waals surface area contributed by atoms with E-state index in [4.69, 9.17) is 4.74 Å². The molecule has 0 spiro atoms. The molecule has 26 heavy (non-hydrogen) atoms. The van der Waals surface area contributed by atoms with Crippen LogP contribution in [0.4, 0.5) is 0 Å². The largest absolute Gasteiger partial charge is 0.507 e. The molecule has 1 amide bonds. The molecule has 0 aliphatic carbocycles. The van der Waals surface area contributed by atoms with Gasteiger partial charge >= 0.3 is 5.97 Å². The van der Waals surface area contributed by atoms with Crippen molar-refractivity contribution in [3.63, 3.8) is 0 Å². The van der Waals surface area contributed by atoms with Gasteiger partial charge in [0, 0.05) is 10.3 Å². The number of phenols is 1. The van der Waals surface area contributed by atoms with Crippen LogP contribution in [0.2, 0.25) is 0 Å². The van der Waals surface area contributed by atoms with Gasteiger partial charge in [-0.15, -0.1) is 11.3 Å². The van der Waals surface area contributed by atoms with Gasteiger partial charge in [-0.2, -0.15) is 0 Å². The highest BCUT2D eigenvalue weighted by molar-refractivity contribution is 7.14. The summed E-state index contributed by atoms with van der Waals surface area (Å²) in [7, 11) is 0. The van der Waals surface area contributed by atoms with Gasteiger partial charge in [-0.1, -0.05) is 32.9 Å². The summed E-state index contributed by atoms with van der Waals surface area (Å²) >= 11 is 1.24. The van der Waals surface area contributed by atoms with Crippen LogP contribution in [-0.4, -0.2) is 29.4 Å². The minimum atomic E-state index is -0.759. The Kier molecular flexibility index (Phi) is 6.15. The van der Waals surface area contributed by atoms with Crippen molar-refractivity contribution in [2.75, 3.05) is 6.61 Å². The van der Waals surface area contributed by atoms with E-state index in [2.05, 4.69) is 5.32 Å². The first-order chi connectivity index (χ1) is 12.2. The number of para-hydroxylation sites is 1. The summed E-state index contributed by atoms with van der Waals surface area (Å²) in [4.78, 5) is 37.2. The van der Waals surface area contributed by atoms with E-state index >= 15 is 0 Å². The lowest BCUT2D eigenvalue weighted by atomic mass is 9.96. The zero-order chi connectivity index (χ0) is 19.3. The van der Waals surface area contributed by atoms with E-state index in [1.807, 2.05) is 20.8 Å². The number of carbonyl (C=O) groups is 3. The number of hydrogen-bond acceptors (Lipinski definition) is 6. The third-order valence-electron chi connectivity index (χ3n) is 3.50. The fourth-order valence-electron chi connectivity index (χ4n) is 1.98. The van der Waals surface area contributed by atoms with E-state index in [0.717, 1.165) is 4.88 Å². The molecule has 0 unspecified atom stereocenters. The van der Waals surface area contributed by atoms with Crippen molar-refractivity contribution in [2.24, 2.45) is 5.41 Å². The smallest absolute Gasteiger partial charge is 0.342 e. The number of hydrogen-bond donors (Lipinski definition) is 2. The summed E-state index contributed by atoms with van der Waals surface area (Å²) < 4.78 is 4.97. The number of aromatic hydroxyl groups is 1. The molecule has 7 heteroatoms. The van der Waals surface area contributed by atoms with Crippen LogP contribution in [0, 0.1) is 5.41 Å². The Balaban J connectivity index is 1.89. The molecular weight excluding hydrogens is 354 g/mol. The monoisotopic (exact) mass is 375 g/mol. The molecule has 1 aromatic heterocycles. The number of phenolic OH excluding ortho intramolecular Hbond substituents is 1. The number of ketones is 1. The van der Waals surface area contributed by atoms with Gasteiger partial charge in [0.2, 0.25) is 11.7 Å². The first-order valence-corrected chi connectivity index (χ1v) is 8.85. The van der Waals surface area contributed by atoms with Gasteiger partial charge in [0.05, 0.1) is 11.4 Å². The minimum absolute atomic E-state index is 0.0112. The highest BCUT2D eigenvalue weighted by Crippen LogP contribution is 2.20. The normalized spacial score (nSPS) is 11.0. The summed E-state index contributed by atoms with van der Waals surface area (Å²) in [5.41, 5.74) is -0.468. The van der Waals surface area contributed by atoms with E-state index in [1.165, 1.54) is 23.5 Å². The fourth-order valence-corrected chi connectivity index (χ4v) is 2.85. The van der Waals surface area contributed by atoms with Crippen LogP contribution in [0.3, 0.4) is 0 Å². The fraction of sp³-hybridized carbons (Fsp3) is 0.316. The van der Waals surface area contributed by atoms with Crippen LogP contribution in [-0.2, 0) is 16.1 Å². The second-order valence-electron chi connectivity index (χ2n) is 6.72. The second-order valence-corrected chi connectivity index (χ2v) is 7.88. The minimum Gasteiger partial charge on any atom is -0.507 e. The Morgan fingerprint density at radius 2 is 1.81 bits per heavy atom. The molecule has 6 nitrogen and oxygen atoms in total. The number of esters is 1. The molecular formula is C19H21NO5S. The van der Waals surface area contributed by atoms with Crippen molar-refractivity contribution in [3.8, 4) is 5.75 Å². The van der Waals surface area contributed by atoms with E-state index in [9.17, 15) is 19.5 Å². The van der Waals surface area contributed by atoms with Gasteiger partial charge in [0.15, 0.2) is 6.61 Å². The molecule has 0 bridgehead atoms. The van der Waals surface area contributed by atoms with Crippen LogP contribution in [0.1, 0.15) is 45.7 Å². The van der Waals surface area contributed by atoms with Gasteiger partial charge in [-0.05, 0) is 24.3 Å². The van der Waals surface area contributed by atoms with Crippen LogP contribution in [0.15, 0.2) is 36.4 Å². The molecule has 1 heterocycles. The number of nitrogens with one attached hydrogen (secondary N) is 1. The van der Waals surface area contributed by atoms with Crippen molar-refractivity contribution in [1.29, 1.82) is 0 Å². The topological polar surface area (TPSA) is 92.7 Å². The van der Waals surface area contributed by atoms with Crippen LogP contribution in [0.5, 0.6) is 5.75 Å². The maximum absolute atomic E-state index is 12.2. The first kappa shape index (κ1) is 19.7. The summed E-state index contributed by atoms with van der Waals surface area (Å²) in [6.45, 7) is 5.40. The van der Waals surface area contributed by atoms with E-state index in [1.54, 1.807) is 24.3 Å². The van der Waals surface area contributed by atoms with Gasteiger partial charge in [-0.25, -0.2) is 4.79 Å².